The van der Waals surface area contributed by atoms with Gasteiger partial charge in [0.25, 0.3) is 0 Å². The zero-order valence-electron chi connectivity index (χ0n) is 14.0. The Kier molecular flexibility index (Phi) is 5.02. The third kappa shape index (κ3) is 3.69. The topological polar surface area (TPSA) is 87.5 Å². The maximum Gasteiger partial charge on any atom is 0.245 e. The van der Waals surface area contributed by atoms with E-state index in [-0.39, 0.29) is 30.8 Å². The standard InChI is InChI=1S/C15H23N5O3/c1-10-7-11(2)20(17-10)9-14(22)19-6-5-18(12(3)21)8-13(19)15(23)16-4/h7,13H,5-6,8-9H2,1-4H3,(H,16,23). The van der Waals surface area contributed by atoms with Gasteiger partial charge in [-0.05, 0) is 19.9 Å². The molecule has 0 spiro atoms. The molecule has 0 radical (unpaired) electrons. The molecular formula is C15H23N5O3. The number of aryl methyl sites for hydroxylation is 2. The van der Waals surface area contributed by atoms with E-state index in [4.69, 9.17) is 0 Å². The first-order valence-electron chi connectivity index (χ1n) is 7.61. The van der Waals surface area contributed by atoms with Crippen molar-refractivity contribution in [2.75, 3.05) is 26.7 Å². The molecule has 1 aromatic heterocycles. The van der Waals surface area contributed by atoms with Crippen LogP contribution in [0.1, 0.15) is 18.3 Å². The molecule has 1 aliphatic rings. The Morgan fingerprint density at radius 3 is 2.52 bits per heavy atom. The van der Waals surface area contributed by atoms with Crippen LogP contribution in [0, 0.1) is 13.8 Å². The molecular weight excluding hydrogens is 298 g/mol. The SMILES string of the molecule is CNC(=O)C1CN(C(C)=O)CCN1C(=O)Cn1nc(C)cc1C. The minimum atomic E-state index is -0.665. The summed E-state index contributed by atoms with van der Waals surface area (Å²) in [6, 6.07) is 1.24. The fourth-order valence-electron chi connectivity index (χ4n) is 2.81. The lowest BCUT2D eigenvalue weighted by atomic mass is 10.1. The smallest absolute Gasteiger partial charge is 0.245 e. The van der Waals surface area contributed by atoms with Crippen molar-refractivity contribution in [3.63, 3.8) is 0 Å². The van der Waals surface area contributed by atoms with E-state index in [1.54, 1.807) is 9.58 Å². The zero-order valence-corrected chi connectivity index (χ0v) is 14.0. The van der Waals surface area contributed by atoms with Crippen LogP contribution in [0.15, 0.2) is 6.07 Å². The second kappa shape index (κ2) is 6.80. The second-order valence-corrected chi connectivity index (χ2v) is 5.77. The number of hydrogen-bond acceptors (Lipinski definition) is 4. The van der Waals surface area contributed by atoms with Crippen LogP contribution in [-0.2, 0) is 20.9 Å². The number of aromatic nitrogens is 2. The Labute approximate surface area is 135 Å². The first-order valence-corrected chi connectivity index (χ1v) is 7.61. The highest BCUT2D eigenvalue weighted by Crippen LogP contribution is 2.12. The summed E-state index contributed by atoms with van der Waals surface area (Å²) < 4.78 is 1.63. The van der Waals surface area contributed by atoms with E-state index in [1.165, 1.54) is 18.9 Å². The van der Waals surface area contributed by atoms with Crippen molar-refractivity contribution >= 4 is 17.7 Å². The number of nitrogens with one attached hydrogen (secondary N) is 1. The van der Waals surface area contributed by atoms with Crippen LogP contribution in [0.2, 0.25) is 0 Å². The van der Waals surface area contributed by atoms with Crippen molar-refractivity contribution in [2.24, 2.45) is 0 Å². The fraction of sp³-hybridized carbons (Fsp3) is 0.600. The molecule has 126 valence electrons. The molecule has 2 rings (SSSR count). The van der Waals surface area contributed by atoms with Gasteiger partial charge in [0.15, 0.2) is 0 Å². The number of likely N-dealkylation sites (N-methyl/N-ethyl adjacent to an activating group) is 1. The van der Waals surface area contributed by atoms with Gasteiger partial charge >= 0.3 is 0 Å². The van der Waals surface area contributed by atoms with Crippen molar-refractivity contribution < 1.29 is 14.4 Å². The first-order chi connectivity index (χ1) is 10.8. The average Bonchev–Trinajstić information content (AvgIpc) is 2.83. The predicted molar refractivity (Wildman–Crippen MR) is 83.5 cm³/mol. The molecule has 2 heterocycles. The molecule has 0 aliphatic carbocycles. The van der Waals surface area contributed by atoms with Crippen LogP contribution < -0.4 is 5.32 Å². The molecule has 8 heteroatoms. The van der Waals surface area contributed by atoms with Gasteiger partial charge in [-0.3, -0.25) is 19.1 Å². The Bertz CT molecular complexity index is 625. The lowest BCUT2D eigenvalue weighted by molar-refractivity contribution is -0.148. The highest BCUT2D eigenvalue weighted by molar-refractivity contribution is 5.88. The number of carbonyl (C=O) groups is 3. The van der Waals surface area contributed by atoms with Crippen molar-refractivity contribution in [3.8, 4) is 0 Å². The number of piperazine rings is 1. The quantitative estimate of drug-likeness (QED) is 0.798. The van der Waals surface area contributed by atoms with Crippen LogP contribution in [0.5, 0.6) is 0 Å². The maximum absolute atomic E-state index is 12.6. The zero-order chi connectivity index (χ0) is 17.1. The summed E-state index contributed by atoms with van der Waals surface area (Å²) in [6.07, 6.45) is 0. The summed E-state index contributed by atoms with van der Waals surface area (Å²) in [5.74, 6) is -0.532. The number of carbonyl (C=O) groups excluding carboxylic acids is 3. The van der Waals surface area contributed by atoms with Crippen LogP contribution in [0.25, 0.3) is 0 Å². The van der Waals surface area contributed by atoms with E-state index in [0.29, 0.717) is 13.1 Å². The van der Waals surface area contributed by atoms with Gasteiger partial charge in [-0.2, -0.15) is 5.10 Å². The molecule has 0 aromatic carbocycles. The summed E-state index contributed by atoms with van der Waals surface area (Å²) in [5.41, 5.74) is 1.74. The molecule has 3 amide bonds. The van der Waals surface area contributed by atoms with Crippen LogP contribution in [0.3, 0.4) is 0 Å². The fourth-order valence-corrected chi connectivity index (χ4v) is 2.81. The molecule has 8 nitrogen and oxygen atoms in total. The van der Waals surface area contributed by atoms with Gasteiger partial charge in [-0.25, -0.2) is 0 Å². The molecule has 1 N–H and O–H groups in total. The highest BCUT2D eigenvalue weighted by Gasteiger charge is 2.35. The lowest BCUT2D eigenvalue weighted by Gasteiger charge is -2.40. The van der Waals surface area contributed by atoms with E-state index in [0.717, 1.165) is 11.4 Å². The van der Waals surface area contributed by atoms with E-state index >= 15 is 0 Å². The molecule has 0 bridgehead atoms. The van der Waals surface area contributed by atoms with Crippen molar-refractivity contribution in [1.29, 1.82) is 0 Å². The van der Waals surface area contributed by atoms with Gasteiger partial charge in [0.05, 0.1) is 12.2 Å². The van der Waals surface area contributed by atoms with Gasteiger partial charge in [0.2, 0.25) is 17.7 Å². The molecule has 1 fully saturated rings. The lowest BCUT2D eigenvalue weighted by Crippen LogP contribution is -2.61. The maximum atomic E-state index is 12.6. The van der Waals surface area contributed by atoms with Crippen LogP contribution >= 0.6 is 0 Å². The monoisotopic (exact) mass is 321 g/mol. The average molecular weight is 321 g/mol. The van der Waals surface area contributed by atoms with Gasteiger partial charge in [-0.15, -0.1) is 0 Å². The largest absolute Gasteiger partial charge is 0.357 e. The normalized spacial score (nSPS) is 18.0. The van der Waals surface area contributed by atoms with Crippen LogP contribution in [-0.4, -0.2) is 70.0 Å². The third-order valence-electron chi connectivity index (χ3n) is 4.08. The van der Waals surface area contributed by atoms with Gasteiger partial charge in [0.1, 0.15) is 12.6 Å². The highest BCUT2D eigenvalue weighted by atomic mass is 16.2. The van der Waals surface area contributed by atoms with Gasteiger partial charge in [-0.1, -0.05) is 0 Å². The Hall–Kier alpha value is -2.38. The van der Waals surface area contributed by atoms with Crippen molar-refractivity contribution in [1.82, 2.24) is 24.9 Å². The van der Waals surface area contributed by atoms with Crippen LogP contribution in [0.4, 0.5) is 0 Å². The van der Waals surface area contributed by atoms with E-state index in [9.17, 15) is 14.4 Å². The number of rotatable bonds is 3. The number of amides is 3. The molecule has 0 saturated carbocycles. The molecule has 1 aromatic rings. The van der Waals surface area contributed by atoms with E-state index in [1.807, 2.05) is 19.9 Å². The summed E-state index contributed by atoms with van der Waals surface area (Å²) in [7, 11) is 1.53. The van der Waals surface area contributed by atoms with Crippen molar-refractivity contribution in [3.05, 3.63) is 17.5 Å². The predicted octanol–water partition coefficient (Wildman–Crippen LogP) is -0.695. The third-order valence-corrected chi connectivity index (χ3v) is 4.08. The second-order valence-electron chi connectivity index (χ2n) is 5.77. The molecule has 1 aliphatic heterocycles. The Morgan fingerprint density at radius 2 is 2.00 bits per heavy atom. The summed E-state index contributed by atoms with van der Waals surface area (Å²) in [5, 5.41) is 6.85. The minimum Gasteiger partial charge on any atom is -0.357 e. The molecule has 1 atom stereocenters. The summed E-state index contributed by atoms with van der Waals surface area (Å²) >= 11 is 0. The molecule has 1 saturated heterocycles. The Balaban J connectivity index is 2.15. The Morgan fingerprint density at radius 1 is 1.30 bits per heavy atom. The summed E-state index contributed by atoms with van der Waals surface area (Å²) in [4.78, 5) is 39.4. The van der Waals surface area contributed by atoms with Crippen molar-refractivity contribution in [2.45, 2.75) is 33.4 Å². The van der Waals surface area contributed by atoms with Gasteiger partial charge < -0.3 is 15.1 Å². The van der Waals surface area contributed by atoms with E-state index < -0.39 is 6.04 Å². The molecule has 23 heavy (non-hydrogen) atoms. The minimum absolute atomic E-state index is 0.0905. The first kappa shape index (κ1) is 17.0. The van der Waals surface area contributed by atoms with E-state index in [2.05, 4.69) is 10.4 Å². The summed E-state index contributed by atoms with van der Waals surface area (Å²) in [6.45, 7) is 6.31. The molecule has 1 unspecified atom stereocenters. The number of nitrogens with zero attached hydrogens (tertiary/aromatic N) is 4. The van der Waals surface area contributed by atoms with Gasteiger partial charge in [0, 0.05) is 32.8 Å². The number of hydrogen-bond donors (Lipinski definition) is 1.